The smallest absolute Gasteiger partial charge is 0.138 e. The molecule has 1 aliphatic heterocycles. The zero-order chi connectivity index (χ0) is 12.8. The van der Waals surface area contributed by atoms with Crippen LogP contribution in [0.3, 0.4) is 0 Å². The Bertz CT molecular complexity index is 348. The van der Waals surface area contributed by atoms with Crippen molar-refractivity contribution in [3.63, 3.8) is 0 Å². The van der Waals surface area contributed by atoms with Gasteiger partial charge in [0.25, 0.3) is 0 Å². The van der Waals surface area contributed by atoms with Crippen molar-refractivity contribution in [3.8, 4) is 0 Å². The van der Waals surface area contributed by atoms with E-state index in [1.54, 1.807) is 6.33 Å². The average molecular weight is 253 g/mol. The van der Waals surface area contributed by atoms with Gasteiger partial charge >= 0.3 is 0 Å². The molecule has 2 atom stereocenters. The molecular formula is C12H23N5O. The number of hydrogen-bond acceptors (Lipinski definition) is 5. The number of hydrogen-bond donors (Lipinski definition) is 2. The quantitative estimate of drug-likeness (QED) is 0.574. The first-order chi connectivity index (χ1) is 8.85. The maximum Gasteiger partial charge on any atom is 0.138 e. The van der Waals surface area contributed by atoms with E-state index in [1.807, 2.05) is 4.68 Å². The number of nitrogens with two attached hydrogens (primary N) is 1. The Morgan fingerprint density at radius 3 is 3.17 bits per heavy atom. The zero-order valence-corrected chi connectivity index (χ0v) is 11.0. The average Bonchev–Trinajstić information content (AvgIpc) is 2.85. The summed E-state index contributed by atoms with van der Waals surface area (Å²) < 4.78 is 7.73. The van der Waals surface area contributed by atoms with Crippen molar-refractivity contribution in [2.45, 2.75) is 57.7 Å². The van der Waals surface area contributed by atoms with Gasteiger partial charge < -0.3 is 4.74 Å². The molecule has 1 aromatic rings. The largest absolute Gasteiger partial charge is 0.377 e. The second-order valence-corrected chi connectivity index (χ2v) is 4.78. The summed E-state index contributed by atoms with van der Waals surface area (Å²) >= 11 is 0. The number of hydrazine groups is 1. The maximum absolute atomic E-state index is 5.78. The molecule has 1 aliphatic rings. The van der Waals surface area contributed by atoms with Gasteiger partial charge in [-0.15, -0.1) is 0 Å². The van der Waals surface area contributed by atoms with Crippen LogP contribution in [0.1, 0.15) is 38.4 Å². The lowest BCUT2D eigenvalue weighted by Gasteiger charge is -2.29. The van der Waals surface area contributed by atoms with Crippen LogP contribution in [0.2, 0.25) is 0 Å². The van der Waals surface area contributed by atoms with Crippen LogP contribution in [0, 0.1) is 0 Å². The van der Waals surface area contributed by atoms with Crippen LogP contribution in [-0.4, -0.2) is 33.5 Å². The molecule has 1 aromatic heterocycles. The maximum atomic E-state index is 5.78. The third kappa shape index (κ3) is 3.28. The molecule has 102 valence electrons. The molecule has 3 N–H and O–H groups in total. The van der Waals surface area contributed by atoms with Gasteiger partial charge in [-0.1, -0.05) is 6.92 Å². The highest BCUT2D eigenvalue weighted by atomic mass is 16.5. The van der Waals surface area contributed by atoms with Crippen molar-refractivity contribution >= 4 is 0 Å². The Morgan fingerprint density at radius 2 is 2.50 bits per heavy atom. The van der Waals surface area contributed by atoms with Crippen LogP contribution in [0.25, 0.3) is 0 Å². The monoisotopic (exact) mass is 253 g/mol. The summed E-state index contributed by atoms with van der Waals surface area (Å²) in [6, 6.07) is 0.116. The third-order valence-corrected chi connectivity index (χ3v) is 3.41. The molecule has 6 nitrogen and oxygen atoms in total. The predicted octanol–water partition coefficient (Wildman–Crippen LogP) is 0.632. The van der Waals surface area contributed by atoms with Crippen LogP contribution in [0.15, 0.2) is 6.33 Å². The topological polar surface area (TPSA) is 78.0 Å². The molecule has 1 saturated heterocycles. The van der Waals surface area contributed by atoms with Gasteiger partial charge in [-0.05, 0) is 25.7 Å². The van der Waals surface area contributed by atoms with E-state index in [4.69, 9.17) is 10.6 Å². The van der Waals surface area contributed by atoms with Crippen molar-refractivity contribution in [3.05, 3.63) is 12.2 Å². The Morgan fingerprint density at radius 1 is 1.61 bits per heavy atom. The van der Waals surface area contributed by atoms with E-state index in [1.165, 1.54) is 6.42 Å². The summed E-state index contributed by atoms with van der Waals surface area (Å²) in [5, 5.41) is 4.23. The van der Waals surface area contributed by atoms with E-state index >= 15 is 0 Å². The normalized spacial score (nSPS) is 22.0. The van der Waals surface area contributed by atoms with E-state index in [9.17, 15) is 0 Å². The zero-order valence-electron chi connectivity index (χ0n) is 11.0. The highest BCUT2D eigenvalue weighted by molar-refractivity contribution is 4.92. The molecule has 18 heavy (non-hydrogen) atoms. The second kappa shape index (κ2) is 6.82. The molecule has 6 heteroatoms. The molecule has 2 unspecified atom stereocenters. The van der Waals surface area contributed by atoms with Crippen molar-refractivity contribution in [2.24, 2.45) is 5.84 Å². The number of ether oxygens (including phenoxy) is 1. The minimum absolute atomic E-state index is 0.116. The molecule has 0 saturated carbocycles. The molecule has 0 spiro atoms. The first kappa shape index (κ1) is 13.5. The fourth-order valence-corrected chi connectivity index (χ4v) is 2.42. The van der Waals surface area contributed by atoms with E-state index in [0.29, 0.717) is 0 Å². The Hall–Kier alpha value is -0.980. The molecule has 0 radical (unpaired) electrons. The molecule has 2 rings (SSSR count). The Kier molecular flexibility index (Phi) is 5.10. The van der Waals surface area contributed by atoms with E-state index in [0.717, 1.165) is 44.7 Å². The number of aromatic nitrogens is 3. The van der Waals surface area contributed by atoms with Crippen LogP contribution >= 0.6 is 0 Å². The van der Waals surface area contributed by atoms with Crippen molar-refractivity contribution < 1.29 is 4.74 Å². The van der Waals surface area contributed by atoms with Gasteiger partial charge in [-0.3, -0.25) is 16.0 Å². The third-order valence-electron chi connectivity index (χ3n) is 3.41. The Balaban J connectivity index is 1.98. The molecule has 1 fully saturated rings. The lowest BCUT2D eigenvalue weighted by atomic mass is 10.00. The van der Waals surface area contributed by atoms with E-state index in [2.05, 4.69) is 22.4 Å². The molecule has 2 heterocycles. The standard InChI is InChI=1S/C12H23N5O/c1-2-6-17-12(14-9-15-17)8-10(16-13)11-5-3-4-7-18-11/h9-11,16H,2-8,13H2,1H3. The fourth-order valence-electron chi connectivity index (χ4n) is 2.42. The number of rotatable bonds is 6. The highest BCUT2D eigenvalue weighted by Gasteiger charge is 2.25. The second-order valence-electron chi connectivity index (χ2n) is 4.78. The fraction of sp³-hybridized carbons (Fsp3) is 0.833. The minimum Gasteiger partial charge on any atom is -0.377 e. The molecular weight excluding hydrogens is 230 g/mol. The van der Waals surface area contributed by atoms with Crippen LogP contribution in [-0.2, 0) is 17.7 Å². The summed E-state index contributed by atoms with van der Waals surface area (Å²) in [5.74, 6) is 6.64. The molecule has 0 aromatic carbocycles. The lowest BCUT2D eigenvalue weighted by Crippen LogP contribution is -2.48. The van der Waals surface area contributed by atoms with Gasteiger partial charge in [0.2, 0.25) is 0 Å². The molecule has 0 amide bonds. The van der Waals surface area contributed by atoms with Gasteiger partial charge in [-0.2, -0.15) is 5.10 Å². The van der Waals surface area contributed by atoms with Crippen molar-refractivity contribution in [2.75, 3.05) is 6.61 Å². The number of nitrogens with one attached hydrogen (secondary N) is 1. The van der Waals surface area contributed by atoms with Gasteiger partial charge in [0.05, 0.1) is 12.1 Å². The molecule has 0 bridgehead atoms. The van der Waals surface area contributed by atoms with Crippen LogP contribution < -0.4 is 11.3 Å². The van der Waals surface area contributed by atoms with E-state index < -0.39 is 0 Å². The summed E-state index contributed by atoms with van der Waals surface area (Å²) in [4.78, 5) is 4.32. The number of nitrogens with zero attached hydrogens (tertiary/aromatic N) is 3. The number of aryl methyl sites for hydroxylation is 1. The first-order valence-corrected chi connectivity index (χ1v) is 6.79. The van der Waals surface area contributed by atoms with Gasteiger partial charge in [0.1, 0.15) is 12.2 Å². The van der Waals surface area contributed by atoms with Crippen LogP contribution in [0.4, 0.5) is 0 Å². The summed E-state index contributed by atoms with van der Waals surface area (Å²) in [6.45, 7) is 3.87. The summed E-state index contributed by atoms with van der Waals surface area (Å²) in [6.07, 6.45) is 7.05. The predicted molar refractivity (Wildman–Crippen MR) is 68.7 cm³/mol. The van der Waals surface area contributed by atoms with Gasteiger partial charge in [0.15, 0.2) is 0 Å². The van der Waals surface area contributed by atoms with Crippen molar-refractivity contribution in [1.29, 1.82) is 0 Å². The van der Waals surface area contributed by atoms with Crippen LogP contribution in [0.5, 0.6) is 0 Å². The van der Waals surface area contributed by atoms with E-state index in [-0.39, 0.29) is 12.1 Å². The first-order valence-electron chi connectivity index (χ1n) is 6.79. The summed E-state index contributed by atoms with van der Waals surface area (Å²) in [5.41, 5.74) is 2.87. The molecule has 0 aliphatic carbocycles. The SMILES string of the molecule is CCCn1ncnc1CC(NN)C1CCCCO1. The lowest BCUT2D eigenvalue weighted by molar-refractivity contribution is -0.00802. The van der Waals surface area contributed by atoms with Gasteiger partial charge in [0, 0.05) is 19.6 Å². The Labute approximate surface area is 108 Å². The highest BCUT2D eigenvalue weighted by Crippen LogP contribution is 2.17. The summed E-state index contributed by atoms with van der Waals surface area (Å²) in [7, 11) is 0. The minimum atomic E-state index is 0.116. The van der Waals surface area contributed by atoms with Gasteiger partial charge in [-0.25, -0.2) is 4.98 Å². The van der Waals surface area contributed by atoms with Crippen molar-refractivity contribution in [1.82, 2.24) is 20.2 Å².